The maximum absolute atomic E-state index is 2.95. The zero-order chi connectivity index (χ0) is 51.3. The predicted molar refractivity (Wildman–Crippen MR) is 328 cm³/mol. The van der Waals surface area contributed by atoms with Gasteiger partial charge in [-0.1, -0.05) is 118 Å². The molecule has 0 saturated heterocycles. The summed E-state index contributed by atoms with van der Waals surface area (Å²) in [5.41, 5.74) is 10.5. The monoisotopic (exact) mass is 1120 g/mol. The van der Waals surface area contributed by atoms with Crippen molar-refractivity contribution < 1.29 is 0 Å². The van der Waals surface area contributed by atoms with Crippen molar-refractivity contribution in [1.82, 2.24) is 0 Å². The van der Waals surface area contributed by atoms with Gasteiger partial charge in [0.05, 0.1) is 0 Å². The fourth-order valence-corrected chi connectivity index (χ4v) is 22.2. The van der Waals surface area contributed by atoms with E-state index < -0.39 is 18.4 Å². The molecule has 2 aliphatic rings. The number of hydrogen-bond acceptors (Lipinski definition) is 2. The zero-order valence-corrected chi connectivity index (χ0v) is 53.9. The Morgan fingerprint density at radius 2 is 0.620 bits per heavy atom. The van der Waals surface area contributed by atoms with Gasteiger partial charge in [-0.3, -0.25) is 0 Å². The van der Waals surface area contributed by atoms with Crippen LogP contribution >= 0.6 is 22.7 Å². The third-order valence-corrected chi connectivity index (χ3v) is 30.5. The molecule has 0 fully saturated rings. The van der Waals surface area contributed by atoms with Crippen LogP contribution < -0.4 is 2.89 Å². The van der Waals surface area contributed by atoms with Gasteiger partial charge in [-0.25, -0.2) is 0 Å². The number of fused-ring (bicyclic) bond motifs is 6. The molecular formula is C68H116S2Sn. The third-order valence-electron chi connectivity index (χ3n) is 18.8. The van der Waals surface area contributed by atoms with E-state index in [1.807, 2.05) is 2.89 Å². The molecule has 0 saturated carbocycles. The Morgan fingerprint density at radius 3 is 0.915 bits per heavy atom. The Bertz CT molecular complexity index is 1870. The van der Waals surface area contributed by atoms with Gasteiger partial charge in [-0.2, -0.15) is 0 Å². The van der Waals surface area contributed by atoms with Gasteiger partial charge in [-0.05, 0) is 0 Å². The first-order chi connectivity index (χ1) is 34.3. The Balaban J connectivity index is 1.59. The van der Waals surface area contributed by atoms with Crippen LogP contribution in [0.1, 0.15) is 314 Å². The molecule has 71 heavy (non-hydrogen) atoms. The van der Waals surface area contributed by atoms with Crippen molar-refractivity contribution in [3.63, 3.8) is 0 Å². The van der Waals surface area contributed by atoms with Crippen LogP contribution in [0.2, 0.25) is 14.8 Å². The normalized spacial score (nSPS) is 18.9. The first-order valence-corrected chi connectivity index (χ1v) is 43.4. The molecule has 2 aromatic heterocycles. The summed E-state index contributed by atoms with van der Waals surface area (Å²) in [7, 11) is 0. The molecule has 3 aromatic rings. The van der Waals surface area contributed by atoms with E-state index in [0.29, 0.717) is 23.7 Å². The first-order valence-electron chi connectivity index (χ1n) is 31.8. The molecule has 0 aliphatic heterocycles. The average Bonchev–Trinajstić information content (AvgIpc) is 4.09. The summed E-state index contributed by atoms with van der Waals surface area (Å²) >= 11 is 2.02. The van der Waals surface area contributed by atoms with Crippen LogP contribution in [0.25, 0.3) is 20.9 Å². The summed E-state index contributed by atoms with van der Waals surface area (Å²) < 4.78 is 1.81. The second-order valence-electron chi connectivity index (χ2n) is 25.5. The molecule has 0 bridgehead atoms. The van der Waals surface area contributed by atoms with Crippen molar-refractivity contribution in [2.75, 3.05) is 0 Å². The van der Waals surface area contributed by atoms with Crippen molar-refractivity contribution in [3.8, 4) is 20.9 Å². The van der Waals surface area contributed by atoms with E-state index in [2.05, 4.69) is 124 Å². The molecule has 0 spiro atoms. The average molecular weight is 1120 g/mol. The number of rotatable bonds is 41. The third kappa shape index (κ3) is 15.8. The van der Waals surface area contributed by atoms with E-state index in [-0.39, 0.29) is 10.8 Å². The first kappa shape index (κ1) is 61.3. The molecule has 0 nitrogen and oxygen atoms in total. The molecule has 0 radical (unpaired) electrons. The van der Waals surface area contributed by atoms with Crippen LogP contribution in [0.5, 0.6) is 0 Å². The summed E-state index contributed by atoms with van der Waals surface area (Å²) in [4.78, 5) is 13.0. The summed E-state index contributed by atoms with van der Waals surface area (Å²) in [6.07, 6.45) is 50.4. The van der Waals surface area contributed by atoms with Crippen LogP contribution in [0.3, 0.4) is 0 Å². The quantitative estimate of drug-likeness (QED) is 0.0392. The number of aryl methyl sites for hydroxylation is 1. The molecule has 5 rings (SSSR count). The summed E-state index contributed by atoms with van der Waals surface area (Å²) in [6, 6.07) is 11.5. The van der Waals surface area contributed by atoms with Gasteiger partial charge in [0.15, 0.2) is 0 Å². The number of hydrogen-bond donors (Lipinski definition) is 0. The fourth-order valence-electron chi connectivity index (χ4n) is 14.6. The second-order valence-corrected chi connectivity index (χ2v) is 43.3. The van der Waals surface area contributed by atoms with Crippen molar-refractivity contribution >= 4 is 43.9 Å². The molecule has 4 unspecified atom stereocenters. The van der Waals surface area contributed by atoms with Crippen molar-refractivity contribution in [1.29, 1.82) is 0 Å². The second kappa shape index (κ2) is 31.6. The fraction of sp³-hybridized carbons (Fsp3) is 0.794. The molecule has 404 valence electrons. The van der Waals surface area contributed by atoms with E-state index in [1.165, 1.54) is 236 Å². The van der Waals surface area contributed by atoms with Gasteiger partial charge in [0.25, 0.3) is 0 Å². The summed E-state index contributed by atoms with van der Waals surface area (Å²) in [5, 5.41) is 0. The molecular weight excluding hydrogens is 1000 g/mol. The van der Waals surface area contributed by atoms with Crippen LogP contribution in [0.4, 0.5) is 0 Å². The van der Waals surface area contributed by atoms with Crippen molar-refractivity contribution in [2.24, 2.45) is 23.7 Å². The Hall–Kier alpha value is -0.581. The molecule has 2 aliphatic carbocycles. The molecule has 2 heterocycles. The van der Waals surface area contributed by atoms with Gasteiger partial charge in [0.1, 0.15) is 0 Å². The Morgan fingerprint density at radius 1 is 0.352 bits per heavy atom. The van der Waals surface area contributed by atoms with Crippen molar-refractivity contribution in [2.45, 2.75) is 319 Å². The van der Waals surface area contributed by atoms with E-state index in [1.54, 1.807) is 43.1 Å². The van der Waals surface area contributed by atoms with Crippen LogP contribution in [0.15, 0.2) is 24.3 Å². The molecule has 0 amide bonds. The van der Waals surface area contributed by atoms with Gasteiger partial charge in [0, 0.05) is 0 Å². The summed E-state index contributed by atoms with van der Waals surface area (Å²) in [6.45, 7) is 22.8. The van der Waals surface area contributed by atoms with E-state index >= 15 is 0 Å². The topological polar surface area (TPSA) is 0 Å². The van der Waals surface area contributed by atoms with Crippen LogP contribution in [-0.4, -0.2) is 18.4 Å². The molecule has 3 heteroatoms. The SMILES string of the molecule is CCCCCCCCCCC(C)C1(C(C)CCCCCCCCCC)c2cc3c(cc2-c2sc(C)cc21)C(C(C)CCCCCCCCCC)(C(C)CCCCCCCCCC)c1c[c]([Sn]([CH3])([CH3])[CH3])sc1-3. The Kier molecular flexibility index (Phi) is 27.3. The molecule has 0 N–H and O–H groups in total. The van der Waals surface area contributed by atoms with Gasteiger partial charge >= 0.3 is 341 Å². The minimum atomic E-state index is -2.42. The zero-order valence-electron chi connectivity index (χ0n) is 49.4. The summed E-state index contributed by atoms with van der Waals surface area (Å²) in [5.74, 6) is 2.49. The van der Waals surface area contributed by atoms with Gasteiger partial charge in [0.2, 0.25) is 0 Å². The van der Waals surface area contributed by atoms with Crippen LogP contribution in [-0.2, 0) is 10.8 Å². The Labute approximate surface area is 455 Å². The number of thiophene rings is 2. The molecule has 1 aromatic carbocycles. The number of benzene rings is 1. The maximum atomic E-state index is 2.95. The van der Waals surface area contributed by atoms with Crippen molar-refractivity contribution in [3.05, 3.63) is 51.4 Å². The standard InChI is InChI=1S/C65H107S2.3CH3.Sn/c1-10-14-18-22-26-30-34-38-42-51(5)64(52(6)43-39-35-31-27-23-19-15-11-2)58-46-47-66-62(58)56-49-60-57(50-59(56)64)63-61(48-55(9)67-63)65(60,53(7)44-40-36-32-28-24-20-16-12-3)54(8)45-41-37-33-29-25-21-17-13-4;;;;/h46,48-54H,10-45H2,1-9H3;3*1H3;. The van der Waals surface area contributed by atoms with Crippen LogP contribution in [0, 0.1) is 30.6 Å². The number of unbranched alkanes of at least 4 members (excludes halogenated alkanes) is 28. The minimum absolute atomic E-state index is 0.0763. The van der Waals surface area contributed by atoms with E-state index in [4.69, 9.17) is 0 Å². The van der Waals surface area contributed by atoms with E-state index in [0.717, 1.165) is 0 Å². The molecule has 4 atom stereocenters. The van der Waals surface area contributed by atoms with Gasteiger partial charge in [-0.15, -0.1) is 0 Å². The van der Waals surface area contributed by atoms with Gasteiger partial charge < -0.3 is 0 Å². The van der Waals surface area contributed by atoms with E-state index in [9.17, 15) is 0 Å². The predicted octanol–water partition coefficient (Wildman–Crippen LogP) is 23.9.